The first kappa shape index (κ1) is 14.8. The van der Waals surface area contributed by atoms with Crippen molar-refractivity contribution in [1.29, 1.82) is 0 Å². The van der Waals surface area contributed by atoms with Gasteiger partial charge < -0.3 is 10.2 Å². The van der Waals surface area contributed by atoms with Gasteiger partial charge in [-0.2, -0.15) is 0 Å². The van der Waals surface area contributed by atoms with Crippen LogP contribution in [0.2, 0.25) is 0 Å². The predicted molar refractivity (Wildman–Crippen MR) is 82.1 cm³/mol. The normalized spacial score (nSPS) is 22.7. The number of pyridine rings is 1. The third kappa shape index (κ3) is 3.11. The van der Waals surface area contributed by atoms with E-state index in [2.05, 4.69) is 31.1 Å². The van der Waals surface area contributed by atoms with E-state index >= 15 is 0 Å². The monoisotopic (exact) mass is 275 g/mol. The zero-order chi connectivity index (χ0) is 14.7. The first-order chi connectivity index (χ1) is 9.55. The predicted octanol–water partition coefficient (Wildman–Crippen LogP) is 2.95. The molecule has 0 radical (unpaired) electrons. The Kier molecular flexibility index (Phi) is 4.63. The van der Waals surface area contributed by atoms with Crippen LogP contribution < -0.4 is 5.32 Å². The van der Waals surface area contributed by atoms with Crippen molar-refractivity contribution in [3.8, 4) is 0 Å². The number of carbonyl (C=O) groups is 1. The minimum atomic E-state index is 0.137. The minimum absolute atomic E-state index is 0.137. The Morgan fingerprint density at radius 1 is 1.45 bits per heavy atom. The molecule has 2 rings (SSSR count). The van der Waals surface area contributed by atoms with Gasteiger partial charge in [-0.25, -0.2) is 4.98 Å². The number of hydrogen-bond acceptors (Lipinski definition) is 3. The lowest BCUT2D eigenvalue weighted by molar-refractivity contribution is 0.0588. The van der Waals surface area contributed by atoms with E-state index in [1.54, 1.807) is 0 Å². The van der Waals surface area contributed by atoms with E-state index in [4.69, 9.17) is 0 Å². The second kappa shape index (κ2) is 6.25. The molecule has 1 aliphatic rings. The summed E-state index contributed by atoms with van der Waals surface area (Å²) in [7, 11) is 1.83. The van der Waals surface area contributed by atoms with E-state index in [1.165, 1.54) is 0 Å². The van der Waals surface area contributed by atoms with Crippen LogP contribution in [0.15, 0.2) is 12.1 Å². The van der Waals surface area contributed by atoms with Crippen molar-refractivity contribution in [2.75, 3.05) is 18.9 Å². The summed E-state index contributed by atoms with van der Waals surface area (Å²) in [5.74, 6) is 1.62. The highest BCUT2D eigenvalue weighted by Gasteiger charge is 2.27. The highest BCUT2D eigenvalue weighted by atomic mass is 16.2. The summed E-state index contributed by atoms with van der Waals surface area (Å²) in [6.07, 6.45) is 3.03. The number of piperidine rings is 1. The van der Waals surface area contributed by atoms with Crippen molar-refractivity contribution in [2.24, 2.45) is 5.92 Å². The fourth-order valence-electron chi connectivity index (χ4n) is 2.90. The smallest absolute Gasteiger partial charge is 0.254 e. The summed E-state index contributed by atoms with van der Waals surface area (Å²) in [4.78, 5) is 19.2. The molecule has 20 heavy (non-hydrogen) atoms. The lowest BCUT2D eigenvalue weighted by Crippen LogP contribution is -2.44. The Bertz CT molecular complexity index is 464. The van der Waals surface area contributed by atoms with Gasteiger partial charge in [0, 0.05) is 30.9 Å². The van der Waals surface area contributed by atoms with E-state index in [0.29, 0.717) is 12.0 Å². The fourth-order valence-corrected chi connectivity index (χ4v) is 2.90. The molecule has 1 aromatic heterocycles. The van der Waals surface area contributed by atoms with Crippen LogP contribution in [0.3, 0.4) is 0 Å². The van der Waals surface area contributed by atoms with Crippen LogP contribution in [0, 0.1) is 5.92 Å². The molecule has 4 heteroatoms. The van der Waals surface area contributed by atoms with Crippen molar-refractivity contribution in [3.05, 3.63) is 23.4 Å². The molecule has 1 aromatic rings. The molecule has 0 aromatic carbocycles. The number of nitrogens with zero attached hydrogens (tertiary/aromatic N) is 2. The number of likely N-dealkylation sites (tertiary alicyclic amines) is 1. The fraction of sp³-hybridized carbons (Fsp3) is 0.625. The lowest BCUT2D eigenvalue weighted by atomic mass is 9.93. The molecule has 2 unspecified atom stereocenters. The van der Waals surface area contributed by atoms with Gasteiger partial charge in [0.05, 0.1) is 0 Å². The first-order valence-corrected chi connectivity index (χ1v) is 7.54. The van der Waals surface area contributed by atoms with Gasteiger partial charge in [0.2, 0.25) is 0 Å². The van der Waals surface area contributed by atoms with Crippen LogP contribution in [0.4, 0.5) is 5.82 Å². The largest absolute Gasteiger partial charge is 0.373 e. The standard InChI is InChI=1S/C16H25N3O/c1-5-14-9-13(10-15(17-4)18-14)16(20)19-7-6-11(2)8-12(19)3/h9-12H,5-8H2,1-4H3,(H,17,18). The van der Waals surface area contributed by atoms with Crippen LogP contribution in [0.1, 0.15) is 49.7 Å². The van der Waals surface area contributed by atoms with Crippen LogP contribution in [0.25, 0.3) is 0 Å². The summed E-state index contributed by atoms with van der Waals surface area (Å²) >= 11 is 0. The summed E-state index contributed by atoms with van der Waals surface area (Å²) in [5.41, 5.74) is 1.71. The number of amides is 1. The summed E-state index contributed by atoms with van der Waals surface area (Å²) < 4.78 is 0. The van der Waals surface area contributed by atoms with Crippen molar-refractivity contribution in [1.82, 2.24) is 9.88 Å². The first-order valence-electron chi connectivity index (χ1n) is 7.54. The second-order valence-corrected chi connectivity index (χ2v) is 5.81. The highest BCUT2D eigenvalue weighted by molar-refractivity contribution is 5.95. The summed E-state index contributed by atoms with van der Waals surface area (Å²) in [6.45, 7) is 7.33. The molecule has 0 bridgehead atoms. The number of aromatic nitrogens is 1. The molecule has 1 N–H and O–H groups in total. The number of aryl methyl sites for hydroxylation is 1. The zero-order valence-corrected chi connectivity index (χ0v) is 12.9. The zero-order valence-electron chi connectivity index (χ0n) is 12.9. The maximum atomic E-state index is 12.7. The third-order valence-corrected chi connectivity index (χ3v) is 4.14. The number of carbonyl (C=O) groups excluding carboxylic acids is 1. The molecule has 2 heterocycles. The van der Waals surface area contributed by atoms with Crippen molar-refractivity contribution in [3.63, 3.8) is 0 Å². The number of hydrogen-bond donors (Lipinski definition) is 1. The van der Waals surface area contributed by atoms with Gasteiger partial charge in [0.1, 0.15) is 5.82 Å². The third-order valence-electron chi connectivity index (χ3n) is 4.14. The van der Waals surface area contributed by atoms with E-state index in [9.17, 15) is 4.79 Å². The Morgan fingerprint density at radius 3 is 2.80 bits per heavy atom. The topological polar surface area (TPSA) is 45.2 Å². The molecule has 0 aliphatic carbocycles. The lowest BCUT2D eigenvalue weighted by Gasteiger charge is -2.36. The van der Waals surface area contributed by atoms with Crippen LogP contribution >= 0.6 is 0 Å². The van der Waals surface area contributed by atoms with E-state index in [1.807, 2.05) is 24.1 Å². The number of anilines is 1. The summed E-state index contributed by atoms with van der Waals surface area (Å²) in [5, 5.41) is 3.04. The van der Waals surface area contributed by atoms with Gasteiger partial charge in [-0.3, -0.25) is 4.79 Å². The van der Waals surface area contributed by atoms with Gasteiger partial charge in [0.15, 0.2) is 0 Å². The highest BCUT2D eigenvalue weighted by Crippen LogP contribution is 2.24. The maximum absolute atomic E-state index is 12.7. The quantitative estimate of drug-likeness (QED) is 0.922. The second-order valence-electron chi connectivity index (χ2n) is 5.81. The molecule has 1 saturated heterocycles. The van der Waals surface area contributed by atoms with Crippen LogP contribution in [-0.4, -0.2) is 35.4 Å². The van der Waals surface area contributed by atoms with Gasteiger partial charge in [-0.15, -0.1) is 0 Å². The molecule has 2 atom stereocenters. The Balaban J connectivity index is 2.24. The molecule has 4 nitrogen and oxygen atoms in total. The van der Waals surface area contributed by atoms with Gasteiger partial charge in [0.25, 0.3) is 5.91 Å². The van der Waals surface area contributed by atoms with Crippen molar-refractivity contribution in [2.45, 2.75) is 46.1 Å². The average molecular weight is 275 g/mol. The van der Waals surface area contributed by atoms with E-state index < -0.39 is 0 Å². The molecule has 1 aliphatic heterocycles. The van der Waals surface area contributed by atoms with E-state index in [0.717, 1.165) is 42.9 Å². The maximum Gasteiger partial charge on any atom is 0.254 e. The minimum Gasteiger partial charge on any atom is -0.373 e. The van der Waals surface area contributed by atoms with Gasteiger partial charge in [-0.05, 0) is 44.2 Å². The van der Waals surface area contributed by atoms with Crippen molar-refractivity contribution < 1.29 is 4.79 Å². The molecule has 110 valence electrons. The van der Waals surface area contributed by atoms with Crippen molar-refractivity contribution >= 4 is 11.7 Å². The SMILES string of the molecule is CCc1cc(C(=O)N2CCC(C)CC2C)cc(NC)n1. The molecule has 1 fully saturated rings. The number of rotatable bonds is 3. The van der Waals surface area contributed by atoms with E-state index in [-0.39, 0.29) is 5.91 Å². The molecular formula is C16H25N3O. The van der Waals surface area contributed by atoms with Crippen LogP contribution in [0.5, 0.6) is 0 Å². The molecular weight excluding hydrogens is 250 g/mol. The Morgan fingerprint density at radius 2 is 2.20 bits per heavy atom. The molecule has 1 amide bonds. The van der Waals surface area contributed by atoms with Crippen LogP contribution in [-0.2, 0) is 6.42 Å². The Labute approximate surface area is 121 Å². The molecule has 0 spiro atoms. The van der Waals surface area contributed by atoms with Gasteiger partial charge >= 0.3 is 0 Å². The number of nitrogens with one attached hydrogen (secondary N) is 1. The molecule has 0 saturated carbocycles. The van der Waals surface area contributed by atoms with Gasteiger partial charge in [-0.1, -0.05) is 13.8 Å². The average Bonchev–Trinajstić information content (AvgIpc) is 2.46. The summed E-state index contributed by atoms with van der Waals surface area (Å²) in [6, 6.07) is 4.10. The Hall–Kier alpha value is -1.58.